The molecule has 0 saturated carbocycles. The first kappa shape index (κ1) is 17.6. The number of benzene rings is 2. The number of carbonyl (C=O) groups is 2. The van der Waals surface area contributed by atoms with Gasteiger partial charge in [0, 0.05) is 23.5 Å². The number of carboxylic acids is 2. The fourth-order valence-electron chi connectivity index (χ4n) is 4.21. The van der Waals surface area contributed by atoms with E-state index < -0.39 is 33.6 Å². The second-order valence-electron chi connectivity index (χ2n) is 6.69. The van der Waals surface area contributed by atoms with Gasteiger partial charge < -0.3 is 10.2 Å². The summed E-state index contributed by atoms with van der Waals surface area (Å²) in [6.45, 7) is 3.38. The van der Waals surface area contributed by atoms with Crippen LogP contribution in [0.15, 0.2) is 48.5 Å². The van der Waals surface area contributed by atoms with Gasteiger partial charge in [0.1, 0.15) is 0 Å². The Morgan fingerprint density at radius 3 is 1.96 bits per heavy atom. The molecule has 2 unspecified atom stereocenters. The first-order valence-corrected chi connectivity index (χ1v) is 8.00. The lowest BCUT2D eigenvalue weighted by Gasteiger charge is -2.35. The van der Waals surface area contributed by atoms with E-state index in [1.54, 1.807) is 44.2 Å². The molecule has 0 bridgehead atoms. The summed E-state index contributed by atoms with van der Waals surface area (Å²) in [4.78, 5) is 34.7. The molecule has 1 aliphatic carbocycles. The molecule has 0 radical (unpaired) electrons. The molecule has 0 aromatic heterocycles. The van der Waals surface area contributed by atoms with Gasteiger partial charge in [0.25, 0.3) is 5.69 Å². The number of nitro benzene ring substituents is 1. The van der Waals surface area contributed by atoms with Crippen LogP contribution in [0.25, 0.3) is 0 Å². The van der Waals surface area contributed by atoms with Gasteiger partial charge in [0.15, 0.2) is 5.41 Å². The van der Waals surface area contributed by atoms with Gasteiger partial charge in [-0.1, -0.05) is 50.2 Å². The van der Waals surface area contributed by atoms with Crippen molar-refractivity contribution in [2.75, 3.05) is 0 Å². The normalized spacial score (nSPS) is 23.2. The third-order valence-corrected chi connectivity index (χ3v) is 5.78. The molecule has 0 heterocycles. The zero-order valence-corrected chi connectivity index (χ0v) is 14.2. The average molecular weight is 355 g/mol. The maximum Gasteiger partial charge on any atom is 0.325 e. The summed E-state index contributed by atoms with van der Waals surface area (Å²) in [5, 5.41) is 30.7. The highest BCUT2D eigenvalue weighted by atomic mass is 16.6. The molecule has 0 aliphatic heterocycles. The molecule has 2 aromatic carbocycles. The Hall–Kier alpha value is -3.22. The topological polar surface area (TPSA) is 118 Å². The van der Waals surface area contributed by atoms with Crippen molar-refractivity contribution in [3.05, 3.63) is 75.3 Å². The van der Waals surface area contributed by atoms with Crippen LogP contribution in [0.1, 0.15) is 30.5 Å². The highest BCUT2D eigenvalue weighted by Crippen LogP contribution is 2.57. The standard InChI is InChI=1S/C19H17NO6/c1-11-18(2,12-7-9-13(10-8-12)20(25)26)14-5-3-4-6-15(14)19(11,16(21)22)17(23)24/h3-11H,1-2H3,(H,21,22)(H,23,24). The van der Waals surface area contributed by atoms with E-state index in [-0.39, 0.29) is 11.3 Å². The molecule has 2 N–H and O–H groups in total. The SMILES string of the molecule is CC1C(C(=O)O)(C(=O)O)c2ccccc2C1(C)c1ccc([N+](=O)[O-])cc1. The Balaban J connectivity index is 2.30. The van der Waals surface area contributed by atoms with Crippen molar-refractivity contribution in [3.63, 3.8) is 0 Å². The number of nitrogens with zero attached hydrogens (tertiary/aromatic N) is 1. The maximum atomic E-state index is 12.1. The molecule has 2 atom stereocenters. The van der Waals surface area contributed by atoms with E-state index in [0.29, 0.717) is 11.1 Å². The molecule has 134 valence electrons. The van der Waals surface area contributed by atoms with Gasteiger partial charge in [-0.2, -0.15) is 0 Å². The van der Waals surface area contributed by atoms with Gasteiger partial charge >= 0.3 is 11.9 Å². The van der Waals surface area contributed by atoms with Crippen molar-refractivity contribution >= 4 is 17.6 Å². The van der Waals surface area contributed by atoms with E-state index >= 15 is 0 Å². The van der Waals surface area contributed by atoms with Crippen LogP contribution in [0.3, 0.4) is 0 Å². The van der Waals surface area contributed by atoms with Crippen LogP contribution in [-0.2, 0) is 20.4 Å². The highest BCUT2D eigenvalue weighted by Gasteiger charge is 2.65. The molecular formula is C19H17NO6. The Morgan fingerprint density at radius 1 is 1.00 bits per heavy atom. The van der Waals surface area contributed by atoms with Gasteiger partial charge in [-0.05, 0) is 16.7 Å². The molecule has 26 heavy (non-hydrogen) atoms. The molecule has 2 aromatic rings. The van der Waals surface area contributed by atoms with Crippen LogP contribution in [0.5, 0.6) is 0 Å². The molecule has 0 spiro atoms. The summed E-state index contributed by atoms with van der Waals surface area (Å²) in [6, 6.07) is 12.4. The predicted molar refractivity (Wildman–Crippen MR) is 92.1 cm³/mol. The largest absolute Gasteiger partial charge is 0.480 e. The first-order valence-electron chi connectivity index (χ1n) is 8.00. The lowest BCUT2D eigenvalue weighted by atomic mass is 9.65. The minimum Gasteiger partial charge on any atom is -0.480 e. The van der Waals surface area contributed by atoms with Crippen LogP contribution in [0, 0.1) is 16.0 Å². The highest BCUT2D eigenvalue weighted by molar-refractivity contribution is 6.07. The third-order valence-electron chi connectivity index (χ3n) is 5.78. The van der Waals surface area contributed by atoms with E-state index in [9.17, 15) is 29.9 Å². The van der Waals surface area contributed by atoms with E-state index in [1.807, 2.05) is 0 Å². The second-order valence-corrected chi connectivity index (χ2v) is 6.69. The van der Waals surface area contributed by atoms with Crippen molar-refractivity contribution in [3.8, 4) is 0 Å². The van der Waals surface area contributed by atoms with Crippen LogP contribution >= 0.6 is 0 Å². The summed E-state index contributed by atoms with van der Waals surface area (Å²) >= 11 is 0. The number of nitro groups is 1. The Labute approximate surface area is 149 Å². The van der Waals surface area contributed by atoms with E-state index in [2.05, 4.69) is 0 Å². The molecule has 3 rings (SSSR count). The lowest BCUT2D eigenvalue weighted by molar-refractivity contribution is -0.384. The molecule has 7 nitrogen and oxygen atoms in total. The Kier molecular flexibility index (Phi) is 3.83. The van der Waals surface area contributed by atoms with Crippen molar-refractivity contribution in [1.29, 1.82) is 0 Å². The monoisotopic (exact) mass is 355 g/mol. The molecule has 7 heteroatoms. The van der Waals surface area contributed by atoms with Crippen LogP contribution in [-0.4, -0.2) is 27.1 Å². The summed E-state index contributed by atoms with van der Waals surface area (Å²) in [5.74, 6) is -3.66. The fraction of sp³-hybridized carbons (Fsp3) is 0.263. The molecule has 0 amide bonds. The van der Waals surface area contributed by atoms with Gasteiger partial charge in [-0.3, -0.25) is 19.7 Å². The summed E-state index contributed by atoms with van der Waals surface area (Å²) in [5.41, 5.74) is -1.62. The minimum absolute atomic E-state index is 0.0842. The maximum absolute atomic E-state index is 12.1. The van der Waals surface area contributed by atoms with Crippen molar-refractivity contribution in [2.24, 2.45) is 5.92 Å². The summed E-state index contributed by atoms with van der Waals surface area (Å²) < 4.78 is 0. The molecular weight excluding hydrogens is 338 g/mol. The quantitative estimate of drug-likeness (QED) is 0.494. The van der Waals surface area contributed by atoms with Gasteiger partial charge in [0.05, 0.1) is 4.92 Å². The summed E-state index contributed by atoms with van der Waals surface area (Å²) in [6.07, 6.45) is 0. The average Bonchev–Trinajstić information content (AvgIpc) is 2.82. The van der Waals surface area contributed by atoms with Crippen molar-refractivity contribution < 1.29 is 24.7 Å². The number of carboxylic acid groups (broad SMARTS) is 2. The fourth-order valence-corrected chi connectivity index (χ4v) is 4.21. The number of aliphatic carboxylic acids is 2. The number of non-ortho nitro benzene ring substituents is 1. The number of rotatable bonds is 4. The van der Waals surface area contributed by atoms with E-state index in [0.717, 1.165) is 0 Å². The van der Waals surface area contributed by atoms with Crippen molar-refractivity contribution in [1.82, 2.24) is 0 Å². The summed E-state index contributed by atoms with van der Waals surface area (Å²) in [7, 11) is 0. The smallest absolute Gasteiger partial charge is 0.325 e. The third kappa shape index (κ3) is 2.00. The number of fused-ring (bicyclic) bond motifs is 1. The van der Waals surface area contributed by atoms with Crippen LogP contribution in [0.2, 0.25) is 0 Å². The van der Waals surface area contributed by atoms with Gasteiger partial charge in [0.2, 0.25) is 0 Å². The molecule has 0 saturated heterocycles. The van der Waals surface area contributed by atoms with Gasteiger partial charge in [-0.15, -0.1) is 0 Å². The predicted octanol–water partition coefficient (Wildman–Crippen LogP) is 2.96. The van der Waals surface area contributed by atoms with E-state index in [4.69, 9.17) is 0 Å². The zero-order chi connectivity index (χ0) is 19.3. The second kappa shape index (κ2) is 5.66. The Bertz CT molecular complexity index is 906. The van der Waals surface area contributed by atoms with Crippen molar-refractivity contribution in [2.45, 2.75) is 24.7 Å². The Morgan fingerprint density at radius 2 is 1.50 bits per heavy atom. The van der Waals surface area contributed by atoms with Gasteiger partial charge in [-0.25, -0.2) is 0 Å². The van der Waals surface area contributed by atoms with Crippen LogP contribution < -0.4 is 0 Å². The number of hydrogen-bond acceptors (Lipinski definition) is 4. The first-order chi connectivity index (χ1) is 12.2. The van der Waals surface area contributed by atoms with E-state index in [1.165, 1.54) is 18.2 Å². The van der Waals surface area contributed by atoms with Crippen LogP contribution in [0.4, 0.5) is 5.69 Å². The zero-order valence-electron chi connectivity index (χ0n) is 14.2. The minimum atomic E-state index is -2.09. The molecule has 1 aliphatic rings. The lowest BCUT2D eigenvalue weighted by Crippen LogP contribution is -2.50. The molecule has 0 fully saturated rings. The number of hydrogen-bond donors (Lipinski definition) is 2.